The molecule has 0 spiro atoms. The van der Waals surface area contributed by atoms with Crippen LogP contribution in [0.15, 0.2) is 64.4 Å². The van der Waals surface area contributed by atoms with Crippen LogP contribution in [0.25, 0.3) is 21.5 Å². The number of benzene rings is 1. The highest BCUT2D eigenvalue weighted by Gasteiger charge is 2.15. The largest absolute Gasteiger partial charge is 0.478 e. The van der Waals surface area contributed by atoms with Gasteiger partial charge in [-0.1, -0.05) is 13.2 Å². The first-order valence-electron chi connectivity index (χ1n) is 7.35. The Morgan fingerprint density at radius 1 is 0.679 bits per heavy atom. The fraction of sp³-hybridized carbons (Fsp3) is 0.111. The van der Waals surface area contributed by atoms with Gasteiger partial charge in [-0.2, -0.15) is 0 Å². The summed E-state index contributed by atoms with van der Waals surface area (Å²) in [4.78, 5) is 63.9. The number of carbonyl (C=O) groups is 2. The third-order valence-electron chi connectivity index (χ3n) is 3.14. The van der Waals surface area contributed by atoms with Crippen molar-refractivity contribution in [2.24, 2.45) is 0 Å². The number of fused-ring (bicyclic) bond motifs is 2. The van der Waals surface area contributed by atoms with Crippen molar-refractivity contribution in [3.05, 3.63) is 78.1 Å². The maximum atomic E-state index is 11.2. The van der Waals surface area contributed by atoms with Gasteiger partial charge in [0.05, 0.1) is 21.5 Å². The highest BCUT2D eigenvalue weighted by atomic mass is 16.4. The van der Waals surface area contributed by atoms with E-state index in [9.17, 15) is 28.8 Å². The molecular weight excluding hydrogens is 376 g/mol. The Kier molecular flexibility index (Phi) is 6.69. The number of carboxylic acid groups (broad SMARTS) is 2. The minimum absolute atomic E-state index is 0.0181. The van der Waals surface area contributed by atoms with Gasteiger partial charge in [0, 0.05) is 11.1 Å². The van der Waals surface area contributed by atoms with Gasteiger partial charge in [0.15, 0.2) is 0 Å². The van der Waals surface area contributed by atoms with Crippen molar-refractivity contribution >= 4 is 33.5 Å². The van der Waals surface area contributed by atoms with Gasteiger partial charge in [0.1, 0.15) is 0 Å². The number of hydrogen-bond acceptors (Lipinski definition) is 8. The summed E-state index contributed by atoms with van der Waals surface area (Å²) in [5.41, 5.74) is -2.94. The third kappa shape index (κ3) is 4.97. The van der Waals surface area contributed by atoms with Crippen LogP contribution in [-0.2, 0) is 9.59 Å². The number of hydrogen-bond donors (Lipinski definition) is 2. The Morgan fingerprint density at radius 3 is 1.00 bits per heavy atom. The highest BCUT2D eigenvalue weighted by Crippen LogP contribution is 2.13. The van der Waals surface area contributed by atoms with Crippen molar-refractivity contribution in [3.8, 4) is 0 Å². The molecule has 0 amide bonds. The lowest BCUT2D eigenvalue weighted by molar-refractivity contribution is -0.133. The van der Waals surface area contributed by atoms with Crippen molar-refractivity contribution in [2.75, 3.05) is 0 Å². The second kappa shape index (κ2) is 8.54. The summed E-state index contributed by atoms with van der Waals surface area (Å²) in [6.07, 6.45) is 0. The van der Waals surface area contributed by atoms with Gasteiger partial charge < -0.3 is 19.0 Å². The van der Waals surface area contributed by atoms with Crippen LogP contribution in [0.5, 0.6) is 0 Å². The molecule has 146 valence electrons. The van der Waals surface area contributed by atoms with E-state index in [1.165, 1.54) is 13.8 Å². The minimum Gasteiger partial charge on any atom is -0.478 e. The normalized spacial score (nSPS) is 9.79. The molecule has 0 bridgehead atoms. The van der Waals surface area contributed by atoms with Gasteiger partial charge >= 0.3 is 34.4 Å². The van der Waals surface area contributed by atoms with Crippen molar-refractivity contribution < 1.29 is 28.6 Å². The maximum Gasteiger partial charge on any atom is 0.346 e. The van der Waals surface area contributed by atoms with E-state index in [0.717, 1.165) is 12.1 Å². The molecule has 0 saturated carbocycles. The Labute approximate surface area is 154 Å². The molecule has 0 aliphatic rings. The zero-order chi connectivity index (χ0) is 21.8. The second-order valence-corrected chi connectivity index (χ2v) is 5.47. The van der Waals surface area contributed by atoms with Crippen LogP contribution in [0.3, 0.4) is 0 Å². The summed E-state index contributed by atoms with van der Waals surface area (Å²) < 4.78 is 8.68. The number of rotatable bonds is 2. The zero-order valence-corrected chi connectivity index (χ0v) is 14.7. The van der Waals surface area contributed by atoms with E-state index in [1.54, 1.807) is 0 Å². The van der Waals surface area contributed by atoms with E-state index in [2.05, 4.69) is 22.0 Å². The van der Waals surface area contributed by atoms with E-state index in [-0.39, 0.29) is 32.7 Å². The fourth-order valence-electron chi connectivity index (χ4n) is 1.66. The molecule has 10 nitrogen and oxygen atoms in total. The van der Waals surface area contributed by atoms with Gasteiger partial charge in [-0.25, -0.2) is 28.8 Å². The lowest BCUT2D eigenvalue weighted by atomic mass is 10.1. The van der Waals surface area contributed by atoms with Gasteiger partial charge in [0.25, 0.3) is 0 Å². The standard InChI is InChI=1S/C10H2O6.2C4H6O2/c11-7-3-1-4-6(10(14)16-8(4)12)2-5(3)9(13)15-7;2*1-3(2)4(5)6/h1-2H;2*1H2,2H3,(H,5,6). The zero-order valence-electron chi connectivity index (χ0n) is 14.7. The lowest BCUT2D eigenvalue weighted by Crippen LogP contribution is -1.96. The molecule has 10 heteroatoms. The highest BCUT2D eigenvalue weighted by molar-refractivity contribution is 5.96. The van der Waals surface area contributed by atoms with E-state index >= 15 is 0 Å². The fourth-order valence-corrected chi connectivity index (χ4v) is 1.66. The Hall–Kier alpha value is -4.08. The number of furan rings is 2. The monoisotopic (exact) mass is 390 g/mol. The van der Waals surface area contributed by atoms with Crippen LogP contribution >= 0.6 is 0 Å². The molecule has 0 aliphatic carbocycles. The SMILES string of the molecule is C=C(C)C(=O)O.C=C(C)C(=O)O.O=c1oc(=O)c2cc3c(=O)oc(=O)c3cc12. The molecule has 3 aromatic rings. The molecule has 2 heterocycles. The summed E-state index contributed by atoms with van der Waals surface area (Å²) in [5.74, 6) is -1.87. The van der Waals surface area contributed by atoms with Gasteiger partial charge in [-0.3, -0.25) is 0 Å². The first kappa shape index (κ1) is 22.0. The van der Waals surface area contributed by atoms with Crippen molar-refractivity contribution in [1.29, 1.82) is 0 Å². The predicted octanol–water partition coefficient (Wildman–Crippen LogP) is 0.790. The summed E-state index contributed by atoms with van der Waals surface area (Å²) >= 11 is 0. The lowest BCUT2D eigenvalue weighted by Gasteiger charge is -1.84. The third-order valence-corrected chi connectivity index (χ3v) is 3.14. The molecule has 0 fully saturated rings. The van der Waals surface area contributed by atoms with Gasteiger partial charge in [0.2, 0.25) is 0 Å². The van der Waals surface area contributed by atoms with Crippen LogP contribution in [0, 0.1) is 0 Å². The Balaban J connectivity index is 0.000000274. The molecular formula is C18H14O10. The quantitative estimate of drug-likeness (QED) is 0.596. The molecule has 0 unspecified atom stereocenters. The number of carboxylic acids is 2. The van der Waals surface area contributed by atoms with Crippen LogP contribution < -0.4 is 22.5 Å². The smallest absolute Gasteiger partial charge is 0.346 e. The summed E-state index contributed by atoms with van der Waals surface area (Å²) in [7, 11) is 0. The van der Waals surface area contributed by atoms with Crippen LogP contribution in [-0.4, -0.2) is 22.2 Å². The molecule has 0 radical (unpaired) electrons. The van der Waals surface area contributed by atoms with Crippen LogP contribution in [0.2, 0.25) is 0 Å². The summed E-state index contributed by atoms with van der Waals surface area (Å²) in [5, 5.41) is 15.7. The van der Waals surface area contributed by atoms with Crippen LogP contribution in [0.1, 0.15) is 13.8 Å². The van der Waals surface area contributed by atoms with E-state index in [1.807, 2.05) is 0 Å². The second-order valence-electron chi connectivity index (χ2n) is 5.47. The topological polar surface area (TPSA) is 169 Å². The summed E-state index contributed by atoms with van der Waals surface area (Å²) in [6.45, 7) is 9.20. The molecule has 0 saturated heterocycles. The van der Waals surface area contributed by atoms with Crippen LogP contribution in [0.4, 0.5) is 0 Å². The molecule has 0 aliphatic heterocycles. The minimum atomic E-state index is -0.935. The van der Waals surface area contributed by atoms with E-state index in [4.69, 9.17) is 10.2 Å². The van der Waals surface area contributed by atoms with Crippen molar-refractivity contribution in [1.82, 2.24) is 0 Å². The number of aliphatic carboxylic acids is 2. The molecule has 2 N–H and O–H groups in total. The average Bonchev–Trinajstić information content (AvgIpc) is 3.03. The molecule has 2 aromatic heterocycles. The molecule has 1 aromatic carbocycles. The summed E-state index contributed by atoms with van der Waals surface area (Å²) in [6, 6.07) is 2.29. The van der Waals surface area contributed by atoms with Gasteiger partial charge in [-0.05, 0) is 26.0 Å². The van der Waals surface area contributed by atoms with Crippen molar-refractivity contribution in [2.45, 2.75) is 13.8 Å². The predicted molar refractivity (Wildman–Crippen MR) is 98.3 cm³/mol. The van der Waals surface area contributed by atoms with E-state index in [0.29, 0.717) is 0 Å². The molecule has 3 rings (SSSR count). The Morgan fingerprint density at radius 2 is 0.857 bits per heavy atom. The van der Waals surface area contributed by atoms with E-state index < -0.39 is 34.4 Å². The Bertz CT molecular complexity index is 1100. The van der Waals surface area contributed by atoms with Crippen molar-refractivity contribution in [3.63, 3.8) is 0 Å². The average molecular weight is 390 g/mol. The maximum absolute atomic E-state index is 11.2. The first-order valence-corrected chi connectivity index (χ1v) is 7.35. The van der Waals surface area contributed by atoms with Gasteiger partial charge in [-0.15, -0.1) is 0 Å². The first-order chi connectivity index (χ1) is 12.9. The molecule has 0 atom stereocenters. The molecule has 28 heavy (non-hydrogen) atoms.